The first-order chi connectivity index (χ1) is 10.4. The average Bonchev–Trinajstić information content (AvgIpc) is 3.09. The zero-order valence-electron chi connectivity index (χ0n) is 12.0. The molecule has 0 spiro atoms. The molecule has 0 unspecified atom stereocenters. The van der Waals surface area contributed by atoms with Crippen LogP contribution in [0.25, 0.3) is 5.57 Å². The van der Waals surface area contributed by atoms with Gasteiger partial charge in [0.2, 0.25) is 0 Å². The van der Waals surface area contributed by atoms with E-state index in [4.69, 9.17) is 4.74 Å². The maximum Gasteiger partial charge on any atom is 0.128 e. The highest BCUT2D eigenvalue weighted by molar-refractivity contribution is 6.01. The summed E-state index contributed by atoms with van der Waals surface area (Å²) >= 11 is 0. The summed E-state index contributed by atoms with van der Waals surface area (Å²) in [5.74, 6) is 1.88. The first-order valence-electron chi connectivity index (χ1n) is 7.08. The highest BCUT2D eigenvalue weighted by atomic mass is 35.5. The van der Waals surface area contributed by atoms with Gasteiger partial charge in [-0.1, -0.05) is 6.07 Å². The largest absolute Gasteiger partial charge is 0.489 e. The third-order valence-electron chi connectivity index (χ3n) is 3.72. The van der Waals surface area contributed by atoms with Gasteiger partial charge in [0.05, 0.1) is 6.54 Å². The molecular weight excluding hydrogens is 298 g/mol. The van der Waals surface area contributed by atoms with Gasteiger partial charge in [0.25, 0.3) is 0 Å². The van der Waals surface area contributed by atoms with Crippen LogP contribution < -0.4 is 10.1 Å². The van der Waals surface area contributed by atoms with Crippen LogP contribution in [0.4, 0.5) is 0 Å². The van der Waals surface area contributed by atoms with Crippen LogP contribution in [0.15, 0.2) is 53.8 Å². The molecule has 1 N–H and O–H groups in total. The zero-order chi connectivity index (χ0) is 14.1. The number of hydrogen-bond acceptors (Lipinski definition) is 4. The first kappa shape index (κ1) is 14.6. The van der Waals surface area contributed by atoms with Gasteiger partial charge in [0, 0.05) is 35.6 Å². The number of ether oxygens (including phenoxy) is 1. The van der Waals surface area contributed by atoms with Gasteiger partial charge in [-0.05, 0) is 35.9 Å². The molecule has 0 atom stereocenters. The number of aromatic nitrogens is 1. The second-order valence-corrected chi connectivity index (χ2v) is 5.04. The Bertz CT molecular complexity index is 741. The number of rotatable bonds is 2. The Morgan fingerprint density at radius 2 is 2.09 bits per heavy atom. The van der Waals surface area contributed by atoms with E-state index in [1.807, 2.05) is 18.3 Å². The molecule has 2 aromatic rings. The molecule has 3 heterocycles. The standard InChI is InChI=1S/C17H15N3O.ClH/c1-2-13(11-18-6-1)14-5-9-21-16-4-3-12(10-15(14)16)17-19-7-8-20-17;/h1-6,10-11H,7-9H2,(H,19,20);1H. The number of aliphatic imine (C=N–C) groups is 1. The molecule has 0 aliphatic carbocycles. The number of amidine groups is 1. The number of nitrogens with zero attached hydrogens (tertiary/aromatic N) is 2. The van der Waals surface area contributed by atoms with Crippen molar-refractivity contribution in [2.45, 2.75) is 0 Å². The van der Waals surface area contributed by atoms with Crippen molar-refractivity contribution in [2.24, 2.45) is 4.99 Å². The van der Waals surface area contributed by atoms with E-state index in [1.165, 1.54) is 5.57 Å². The van der Waals surface area contributed by atoms with Crippen LogP contribution >= 0.6 is 12.4 Å². The maximum absolute atomic E-state index is 5.74. The Morgan fingerprint density at radius 1 is 1.14 bits per heavy atom. The van der Waals surface area contributed by atoms with Crippen molar-refractivity contribution < 1.29 is 4.74 Å². The third-order valence-corrected chi connectivity index (χ3v) is 3.72. The van der Waals surface area contributed by atoms with Gasteiger partial charge < -0.3 is 10.1 Å². The number of nitrogens with one attached hydrogen (secondary N) is 1. The van der Waals surface area contributed by atoms with Gasteiger partial charge >= 0.3 is 0 Å². The van der Waals surface area contributed by atoms with Crippen LogP contribution in [-0.2, 0) is 0 Å². The van der Waals surface area contributed by atoms with Crippen molar-refractivity contribution in [3.63, 3.8) is 0 Å². The van der Waals surface area contributed by atoms with Gasteiger partial charge in [-0.25, -0.2) is 0 Å². The van der Waals surface area contributed by atoms with E-state index < -0.39 is 0 Å². The smallest absolute Gasteiger partial charge is 0.128 e. The molecule has 112 valence electrons. The number of benzene rings is 1. The van der Waals surface area contributed by atoms with Crippen LogP contribution in [-0.4, -0.2) is 30.5 Å². The molecule has 2 aliphatic rings. The fourth-order valence-electron chi connectivity index (χ4n) is 2.73. The van der Waals surface area contributed by atoms with Gasteiger partial charge in [0.1, 0.15) is 18.2 Å². The Hall–Kier alpha value is -2.33. The first-order valence-corrected chi connectivity index (χ1v) is 7.08. The molecule has 0 amide bonds. The molecule has 22 heavy (non-hydrogen) atoms. The second kappa shape index (κ2) is 6.20. The monoisotopic (exact) mass is 313 g/mol. The van der Waals surface area contributed by atoms with Gasteiger partial charge in [-0.2, -0.15) is 0 Å². The van der Waals surface area contributed by atoms with Gasteiger partial charge in [-0.3, -0.25) is 9.98 Å². The molecule has 4 rings (SSSR count). The van der Waals surface area contributed by atoms with E-state index in [2.05, 4.69) is 39.6 Å². The van der Waals surface area contributed by atoms with Crippen molar-refractivity contribution in [2.75, 3.05) is 19.7 Å². The number of pyridine rings is 1. The van der Waals surface area contributed by atoms with E-state index in [0.29, 0.717) is 6.61 Å². The number of hydrogen-bond donors (Lipinski definition) is 1. The highest BCUT2D eigenvalue weighted by Gasteiger charge is 2.18. The summed E-state index contributed by atoms with van der Waals surface area (Å²) in [6, 6.07) is 10.3. The minimum absolute atomic E-state index is 0. The molecular formula is C17H16ClN3O. The molecule has 2 aliphatic heterocycles. The van der Waals surface area contributed by atoms with Crippen LogP contribution in [0.2, 0.25) is 0 Å². The molecule has 0 fully saturated rings. The van der Waals surface area contributed by atoms with Crippen LogP contribution in [0.1, 0.15) is 16.7 Å². The molecule has 0 radical (unpaired) electrons. The van der Waals surface area contributed by atoms with E-state index in [9.17, 15) is 0 Å². The Morgan fingerprint density at radius 3 is 2.86 bits per heavy atom. The highest BCUT2D eigenvalue weighted by Crippen LogP contribution is 2.34. The molecule has 1 aromatic heterocycles. The summed E-state index contributed by atoms with van der Waals surface area (Å²) in [5.41, 5.74) is 4.49. The summed E-state index contributed by atoms with van der Waals surface area (Å²) in [7, 11) is 0. The second-order valence-electron chi connectivity index (χ2n) is 5.04. The van der Waals surface area contributed by atoms with Crippen molar-refractivity contribution in [3.05, 3.63) is 65.5 Å². The summed E-state index contributed by atoms with van der Waals surface area (Å²) in [4.78, 5) is 8.70. The van der Waals surface area contributed by atoms with Crippen LogP contribution in [0.5, 0.6) is 5.75 Å². The SMILES string of the molecule is C1=C(c2cccnc2)c2cc(C3=NCCN3)ccc2OC1.Cl. The molecule has 1 aromatic carbocycles. The fourth-order valence-corrected chi connectivity index (χ4v) is 2.73. The third kappa shape index (κ3) is 2.57. The lowest BCUT2D eigenvalue weighted by Crippen LogP contribution is -2.19. The maximum atomic E-state index is 5.74. The van der Waals surface area contributed by atoms with Crippen molar-refractivity contribution in [3.8, 4) is 5.75 Å². The summed E-state index contributed by atoms with van der Waals surface area (Å²) in [6.45, 7) is 2.35. The van der Waals surface area contributed by atoms with Crippen LogP contribution in [0.3, 0.4) is 0 Å². The normalized spacial score (nSPS) is 15.6. The molecule has 4 nitrogen and oxygen atoms in total. The average molecular weight is 314 g/mol. The summed E-state index contributed by atoms with van der Waals surface area (Å²) < 4.78 is 5.74. The lowest BCUT2D eigenvalue weighted by molar-refractivity contribution is 0.357. The summed E-state index contributed by atoms with van der Waals surface area (Å²) in [5, 5.41) is 3.31. The fraction of sp³-hybridized carbons (Fsp3) is 0.176. The molecule has 0 saturated carbocycles. The Kier molecular flexibility index (Phi) is 4.11. The minimum atomic E-state index is 0. The van der Waals surface area contributed by atoms with Crippen molar-refractivity contribution in [1.82, 2.24) is 10.3 Å². The zero-order valence-corrected chi connectivity index (χ0v) is 12.8. The quantitative estimate of drug-likeness (QED) is 0.927. The van der Waals surface area contributed by atoms with Crippen molar-refractivity contribution in [1.29, 1.82) is 0 Å². The lowest BCUT2D eigenvalue weighted by atomic mass is 9.95. The van der Waals surface area contributed by atoms with Crippen LogP contribution in [0, 0.1) is 0 Å². The number of fused-ring (bicyclic) bond motifs is 1. The minimum Gasteiger partial charge on any atom is -0.489 e. The van der Waals surface area contributed by atoms with E-state index in [1.54, 1.807) is 6.20 Å². The lowest BCUT2D eigenvalue weighted by Gasteiger charge is -2.20. The van der Waals surface area contributed by atoms with Gasteiger partial charge in [0.15, 0.2) is 0 Å². The van der Waals surface area contributed by atoms with E-state index >= 15 is 0 Å². The van der Waals surface area contributed by atoms with Crippen molar-refractivity contribution >= 4 is 23.8 Å². The van der Waals surface area contributed by atoms with Gasteiger partial charge in [-0.15, -0.1) is 12.4 Å². The number of halogens is 1. The predicted molar refractivity (Wildman–Crippen MR) is 89.9 cm³/mol. The Labute approximate surface area is 135 Å². The molecule has 5 heteroatoms. The Balaban J connectivity index is 0.00000144. The summed E-state index contributed by atoms with van der Waals surface area (Å²) in [6.07, 6.45) is 5.78. The molecule has 0 bridgehead atoms. The van der Waals surface area contributed by atoms with E-state index in [0.717, 1.165) is 41.4 Å². The molecule has 0 saturated heterocycles. The van der Waals surface area contributed by atoms with E-state index in [-0.39, 0.29) is 12.4 Å². The predicted octanol–water partition coefficient (Wildman–Crippen LogP) is 2.68. The topological polar surface area (TPSA) is 46.5 Å².